The molecule has 0 aromatic carbocycles. The molecular formula is C11H18F3N3. The third-order valence-corrected chi connectivity index (χ3v) is 3.27. The monoisotopic (exact) mass is 249 g/mol. The second-order valence-electron chi connectivity index (χ2n) is 4.65. The molecule has 1 saturated carbocycles. The fourth-order valence-electron chi connectivity index (χ4n) is 2.45. The highest BCUT2D eigenvalue weighted by atomic mass is 19.4. The van der Waals surface area contributed by atoms with Gasteiger partial charge in [0.15, 0.2) is 0 Å². The summed E-state index contributed by atoms with van der Waals surface area (Å²) < 4.78 is 36.8. The van der Waals surface area contributed by atoms with Gasteiger partial charge in [0.1, 0.15) is 5.54 Å². The van der Waals surface area contributed by atoms with E-state index in [0.29, 0.717) is 25.8 Å². The zero-order valence-electron chi connectivity index (χ0n) is 10.1. The Morgan fingerprint density at radius 1 is 1.53 bits per heavy atom. The molecule has 0 aromatic heterocycles. The summed E-state index contributed by atoms with van der Waals surface area (Å²) in [5, 5.41) is 12.2. The normalized spacial score (nSPS) is 29.6. The Bertz CT molecular complexity index is 297. The molecule has 0 saturated heterocycles. The van der Waals surface area contributed by atoms with E-state index in [1.165, 1.54) is 11.9 Å². The summed E-state index contributed by atoms with van der Waals surface area (Å²) in [7, 11) is 1.47. The van der Waals surface area contributed by atoms with Crippen LogP contribution in [-0.2, 0) is 0 Å². The van der Waals surface area contributed by atoms with Gasteiger partial charge in [0.05, 0.1) is 12.6 Å². The number of hydrogen-bond acceptors (Lipinski definition) is 3. The van der Waals surface area contributed by atoms with Gasteiger partial charge in [0.2, 0.25) is 0 Å². The second-order valence-corrected chi connectivity index (χ2v) is 4.65. The minimum atomic E-state index is -4.18. The van der Waals surface area contributed by atoms with E-state index in [-0.39, 0.29) is 6.04 Å². The maximum atomic E-state index is 12.3. The zero-order chi connectivity index (χ0) is 13.1. The SMILES string of the molecule is CCNC1(C#N)CCC(N(C)CC(F)(F)F)C1. The minimum absolute atomic E-state index is 0.171. The van der Waals surface area contributed by atoms with Gasteiger partial charge < -0.3 is 0 Å². The van der Waals surface area contributed by atoms with Gasteiger partial charge >= 0.3 is 6.18 Å². The first-order chi connectivity index (χ1) is 7.82. The van der Waals surface area contributed by atoms with E-state index in [1.807, 2.05) is 6.92 Å². The van der Waals surface area contributed by atoms with Crippen LogP contribution in [0.25, 0.3) is 0 Å². The molecule has 0 amide bonds. The van der Waals surface area contributed by atoms with Crippen molar-refractivity contribution in [3.05, 3.63) is 0 Å². The molecule has 0 aliphatic heterocycles. The molecule has 0 heterocycles. The average Bonchev–Trinajstić information content (AvgIpc) is 2.61. The number of nitrogens with zero attached hydrogens (tertiary/aromatic N) is 2. The summed E-state index contributed by atoms with van der Waals surface area (Å²) in [5.74, 6) is 0. The maximum Gasteiger partial charge on any atom is 0.401 e. The molecular weight excluding hydrogens is 231 g/mol. The van der Waals surface area contributed by atoms with Crippen molar-refractivity contribution in [3.8, 4) is 6.07 Å². The van der Waals surface area contributed by atoms with Crippen LogP contribution in [0.4, 0.5) is 13.2 Å². The van der Waals surface area contributed by atoms with Crippen LogP contribution in [0.1, 0.15) is 26.2 Å². The van der Waals surface area contributed by atoms with Crippen molar-refractivity contribution in [3.63, 3.8) is 0 Å². The quantitative estimate of drug-likeness (QED) is 0.827. The van der Waals surface area contributed by atoms with Gasteiger partial charge in [-0.15, -0.1) is 0 Å². The van der Waals surface area contributed by atoms with E-state index < -0.39 is 18.3 Å². The van der Waals surface area contributed by atoms with Gasteiger partial charge in [0, 0.05) is 6.04 Å². The molecule has 1 aliphatic carbocycles. The van der Waals surface area contributed by atoms with Crippen molar-refractivity contribution < 1.29 is 13.2 Å². The number of hydrogen-bond donors (Lipinski definition) is 1. The molecule has 2 unspecified atom stereocenters. The molecule has 1 N–H and O–H groups in total. The van der Waals surface area contributed by atoms with Crippen molar-refractivity contribution in [1.29, 1.82) is 5.26 Å². The maximum absolute atomic E-state index is 12.3. The largest absolute Gasteiger partial charge is 0.401 e. The lowest BCUT2D eigenvalue weighted by atomic mass is 9.99. The second kappa shape index (κ2) is 5.23. The fraction of sp³-hybridized carbons (Fsp3) is 0.909. The molecule has 6 heteroatoms. The first-order valence-corrected chi connectivity index (χ1v) is 5.75. The molecule has 0 spiro atoms. The van der Waals surface area contributed by atoms with Gasteiger partial charge in [-0.1, -0.05) is 6.92 Å². The lowest BCUT2D eigenvalue weighted by Crippen LogP contribution is -2.44. The molecule has 0 radical (unpaired) electrons. The zero-order valence-corrected chi connectivity index (χ0v) is 10.1. The summed E-state index contributed by atoms with van der Waals surface area (Å²) in [4.78, 5) is 1.30. The summed E-state index contributed by atoms with van der Waals surface area (Å²) in [6.07, 6.45) is -2.47. The van der Waals surface area contributed by atoms with Gasteiger partial charge in [0.25, 0.3) is 0 Å². The van der Waals surface area contributed by atoms with Crippen molar-refractivity contribution in [1.82, 2.24) is 10.2 Å². The van der Waals surface area contributed by atoms with Crippen molar-refractivity contribution in [2.75, 3.05) is 20.1 Å². The first kappa shape index (κ1) is 14.3. The Kier molecular flexibility index (Phi) is 4.39. The molecule has 98 valence electrons. The van der Waals surface area contributed by atoms with E-state index in [9.17, 15) is 13.2 Å². The molecule has 0 bridgehead atoms. The number of rotatable bonds is 4. The molecule has 17 heavy (non-hydrogen) atoms. The number of nitriles is 1. The average molecular weight is 249 g/mol. The van der Waals surface area contributed by atoms with E-state index in [1.54, 1.807) is 0 Å². The number of halogens is 3. The van der Waals surface area contributed by atoms with Crippen LogP contribution >= 0.6 is 0 Å². The van der Waals surface area contributed by atoms with E-state index in [4.69, 9.17) is 5.26 Å². The molecule has 1 rings (SSSR count). The number of nitrogens with one attached hydrogen (secondary N) is 1. The van der Waals surface area contributed by atoms with Gasteiger partial charge in [-0.25, -0.2) is 0 Å². The Labute approximate surface area is 99.6 Å². The van der Waals surface area contributed by atoms with Gasteiger partial charge in [-0.05, 0) is 32.9 Å². The Morgan fingerprint density at radius 3 is 2.65 bits per heavy atom. The third-order valence-electron chi connectivity index (χ3n) is 3.27. The molecule has 3 nitrogen and oxygen atoms in total. The highest BCUT2D eigenvalue weighted by molar-refractivity contribution is 5.13. The van der Waals surface area contributed by atoms with E-state index in [2.05, 4.69) is 11.4 Å². The Hall–Kier alpha value is -0.800. The van der Waals surface area contributed by atoms with Crippen LogP contribution in [0, 0.1) is 11.3 Å². The first-order valence-electron chi connectivity index (χ1n) is 5.75. The van der Waals surface area contributed by atoms with Crippen LogP contribution in [0.5, 0.6) is 0 Å². The van der Waals surface area contributed by atoms with Gasteiger partial charge in [-0.2, -0.15) is 18.4 Å². The Morgan fingerprint density at radius 2 is 2.18 bits per heavy atom. The molecule has 2 atom stereocenters. The van der Waals surface area contributed by atoms with Crippen molar-refractivity contribution in [2.24, 2.45) is 0 Å². The summed E-state index contributed by atoms with van der Waals surface area (Å²) in [6, 6.07) is 2.04. The molecule has 1 aliphatic rings. The van der Waals surface area contributed by atoms with Crippen LogP contribution < -0.4 is 5.32 Å². The fourth-order valence-corrected chi connectivity index (χ4v) is 2.45. The van der Waals surface area contributed by atoms with E-state index in [0.717, 1.165) is 0 Å². The highest BCUT2D eigenvalue weighted by Crippen LogP contribution is 2.33. The lowest BCUT2D eigenvalue weighted by Gasteiger charge is -2.27. The van der Waals surface area contributed by atoms with E-state index >= 15 is 0 Å². The predicted molar refractivity (Wildman–Crippen MR) is 58.3 cm³/mol. The smallest absolute Gasteiger partial charge is 0.300 e. The van der Waals surface area contributed by atoms with Crippen LogP contribution in [0.15, 0.2) is 0 Å². The third kappa shape index (κ3) is 3.86. The summed E-state index contributed by atoms with van der Waals surface area (Å²) >= 11 is 0. The topological polar surface area (TPSA) is 39.1 Å². The predicted octanol–water partition coefficient (Wildman–Crippen LogP) is 1.90. The molecule has 0 aromatic rings. The standard InChI is InChI=1S/C11H18F3N3/c1-3-16-10(7-15)5-4-9(6-10)17(2)8-11(12,13)14/h9,16H,3-6,8H2,1-2H3. The minimum Gasteiger partial charge on any atom is -0.300 e. The highest BCUT2D eigenvalue weighted by Gasteiger charge is 2.42. The lowest BCUT2D eigenvalue weighted by molar-refractivity contribution is -0.147. The van der Waals surface area contributed by atoms with Crippen molar-refractivity contribution in [2.45, 2.75) is 43.9 Å². The number of alkyl halides is 3. The molecule has 1 fully saturated rings. The van der Waals surface area contributed by atoms with Crippen LogP contribution in [-0.4, -0.2) is 42.8 Å². The summed E-state index contributed by atoms with van der Waals surface area (Å²) in [5.41, 5.74) is -0.640. The van der Waals surface area contributed by atoms with Crippen LogP contribution in [0.3, 0.4) is 0 Å². The summed E-state index contributed by atoms with van der Waals surface area (Å²) in [6.45, 7) is 1.64. The van der Waals surface area contributed by atoms with Crippen LogP contribution in [0.2, 0.25) is 0 Å². The van der Waals surface area contributed by atoms with Crippen molar-refractivity contribution >= 4 is 0 Å². The Balaban J connectivity index is 2.58. The van der Waals surface area contributed by atoms with Gasteiger partial charge in [-0.3, -0.25) is 10.2 Å².